The Morgan fingerprint density at radius 1 is 1.31 bits per heavy atom. The van der Waals surface area contributed by atoms with E-state index in [0.29, 0.717) is 12.3 Å². The number of hydrogen-bond acceptors (Lipinski definition) is 5. The van der Waals surface area contributed by atoms with Crippen LogP contribution >= 0.6 is 12.4 Å². The molecule has 5 nitrogen and oxygen atoms in total. The van der Waals surface area contributed by atoms with Gasteiger partial charge in [0.15, 0.2) is 11.5 Å². The van der Waals surface area contributed by atoms with Crippen molar-refractivity contribution in [3.63, 3.8) is 0 Å². The second kappa shape index (κ2) is 9.66. The number of rotatable bonds is 6. The van der Waals surface area contributed by atoms with Crippen LogP contribution in [0, 0.1) is 0 Å². The normalized spacial score (nSPS) is 17.6. The van der Waals surface area contributed by atoms with Crippen molar-refractivity contribution in [3.8, 4) is 11.5 Å². The third-order valence-corrected chi connectivity index (χ3v) is 4.25. The maximum Gasteiger partial charge on any atom is 0.387 e. The van der Waals surface area contributed by atoms with Crippen molar-refractivity contribution in [3.05, 3.63) is 53.9 Å². The molecule has 1 atom stereocenters. The smallest absolute Gasteiger partial charge is 0.387 e. The molecule has 0 radical (unpaired) electrons. The summed E-state index contributed by atoms with van der Waals surface area (Å²) in [6.45, 7) is 0.309. The minimum Gasteiger partial charge on any atom is -0.493 e. The maximum atomic E-state index is 12.6. The van der Waals surface area contributed by atoms with Gasteiger partial charge in [-0.3, -0.25) is 9.88 Å². The molecule has 142 valence electrons. The quantitative estimate of drug-likeness (QED) is 0.827. The van der Waals surface area contributed by atoms with Crippen molar-refractivity contribution < 1.29 is 18.3 Å². The van der Waals surface area contributed by atoms with Crippen molar-refractivity contribution >= 4 is 12.4 Å². The Bertz CT molecular complexity index is 691. The van der Waals surface area contributed by atoms with Crippen LogP contribution in [0.4, 0.5) is 8.78 Å². The first-order chi connectivity index (χ1) is 12.2. The van der Waals surface area contributed by atoms with E-state index in [1.165, 1.54) is 7.11 Å². The average Bonchev–Trinajstić information content (AvgIpc) is 2.63. The summed E-state index contributed by atoms with van der Waals surface area (Å²) in [5, 5.41) is 3.39. The number of aromatic nitrogens is 1. The third-order valence-electron chi connectivity index (χ3n) is 4.25. The van der Waals surface area contributed by atoms with E-state index >= 15 is 0 Å². The Labute approximate surface area is 157 Å². The molecule has 26 heavy (non-hydrogen) atoms. The van der Waals surface area contributed by atoms with Crippen molar-refractivity contribution in [2.24, 2.45) is 0 Å². The van der Waals surface area contributed by atoms with Gasteiger partial charge in [-0.15, -0.1) is 12.4 Å². The highest BCUT2D eigenvalue weighted by Gasteiger charge is 2.24. The number of methoxy groups -OCH3 is 1. The molecule has 8 heteroatoms. The zero-order valence-electron chi connectivity index (χ0n) is 14.4. The molecule has 1 fully saturated rings. The van der Waals surface area contributed by atoms with Crippen molar-refractivity contribution in [2.45, 2.75) is 19.2 Å². The Morgan fingerprint density at radius 2 is 2.15 bits per heavy atom. The molecule has 1 aromatic heterocycles. The monoisotopic (exact) mass is 385 g/mol. The summed E-state index contributed by atoms with van der Waals surface area (Å²) in [6.07, 6.45) is 3.62. The Morgan fingerprint density at radius 3 is 2.85 bits per heavy atom. The van der Waals surface area contributed by atoms with Crippen molar-refractivity contribution in [1.82, 2.24) is 15.2 Å². The first-order valence-corrected chi connectivity index (χ1v) is 8.14. The van der Waals surface area contributed by atoms with Gasteiger partial charge >= 0.3 is 6.61 Å². The van der Waals surface area contributed by atoms with Crippen LogP contribution in [-0.2, 0) is 6.54 Å². The minimum atomic E-state index is -2.88. The Hall–Kier alpha value is -1.96. The van der Waals surface area contributed by atoms with Gasteiger partial charge in [-0.05, 0) is 29.3 Å². The van der Waals surface area contributed by atoms with E-state index in [4.69, 9.17) is 4.74 Å². The molecule has 1 aliphatic heterocycles. The number of benzene rings is 1. The molecular formula is C18H22ClF2N3O2. The van der Waals surface area contributed by atoms with Gasteiger partial charge in [0.25, 0.3) is 0 Å². The molecule has 1 saturated heterocycles. The second-order valence-electron chi connectivity index (χ2n) is 5.84. The fourth-order valence-electron chi connectivity index (χ4n) is 3.08. The number of nitrogens with one attached hydrogen (secondary N) is 1. The van der Waals surface area contributed by atoms with Gasteiger partial charge < -0.3 is 14.8 Å². The lowest BCUT2D eigenvalue weighted by Crippen LogP contribution is -2.45. The molecule has 3 rings (SSSR count). The molecule has 0 amide bonds. The SMILES string of the molecule is COc1ccc(CN2CCNCC2c2cccnc2)cc1OC(F)F.Cl. The van der Waals surface area contributed by atoms with Gasteiger partial charge in [-0.1, -0.05) is 12.1 Å². The lowest BCUT2D eigenvalue weighted by molar-refractivity contribution is -0.0512. The van der Waals surface area contributed by atoms with E-state index in [1.807, 2.05) is 18.3 Å². The van der Waals surface area contributed by atoms with Gasteiger partial charge in [-0.25, -0.2) is 0 Å². The van der Waals surface area contributed by atoms with Crippen LogP contribution < -0.4 is 14.8 Å². The van der Waals surface area contributed by atoms with Crippen LogP contribution in [0.5, 0.6) is 11.5 Å². The number of halogens is 3. The summed E-state index contributed by atoms with van der Waals surface area (Å²) in [7, 11) is 1.43. The molecular weight excluding hydrogens is 364 g/mol. The van der Waals surface area contributed by atoms with E-state index in [1.54, 1.807) is 18.3 Å². The zero-order valence-corrected chi connectivity index (χ0v) is 15.2. The van der Waals surface area contributed by atoms with E-state index in [-0.39, 0.29) is 24.2 Å². The van der Waals surface area contributed by atoms with Crippen LogP contribution in [0.25, 0.3) is 0 Å². The van der Waals surface area contributed by atoms with Gasteiger partial charge in [0.1, 0.15) is 0 Å². The summed E-state index contributed by atoms with van der Waals surface area (Å²) in [6, 6.07) is 9.31. The van der Waals surface area contributed by atoms with E-state index in [2.05, 4.69) is 26.0 Å². The number of nitrogens with zero attached hydrogens (tertiary/aromatic N) is 2. The van der Waals surface area contributed by atoms with Crippen LogP contribution in [0.2, 0.25) is 0 Å². The molecule has 2 aromatic rings. The summed E-state index contributed by atoms with van der Waals surface area (Å²) in [4.78, 5) is 6.50. The molecule has 1 N–H and O–H groups in total. The first kappa shape index (κ1) is 20.4. The fraction of sp³-hybridized carbons (Fsp3) is 0.389. The standard InChI is InChI=1S/C18H21F2N3O2.ClH/c1-24-16-5-4-13(9-17(16)25-18(19)20)12-23-8-7-22-11-15(23)14-3-2-6-21-10-14;/h2-6,9-10,15,18,22H,7-8,11-12H2,1H3;1H. The minimum absolute atomic E-state index is 0. The van der Waals surface area contributed by atoms with Crippen molar-refractivity contribution in [2.75, 3.05) is 26.7 Å². The number of alkyl halides is 2. The molecule has 0 aliphatic carbocycles. The number of piperazine rings is 1. The van der Waals surface area contributed by atoms with Gasteiger partial charge in [0.2, 0.25) is 0 Å². The molecule has 1 aliphatic rings. The van der Waals surface area contributed by atoms with Crippen LogP contribution in [-0.4, -0.2) is 43.2 Å². The van der Waals surface area contributed by atoms with Gasteiger partial charge in [0, 0.05) is 44.6 Å². The number of hydrogen-bond donors (Lipinski definition) is 1. The number of pyridine rings is 1. The highest BCUT2D eigenvalue weighted by molar-refractivity contribution is 5.85. The van der Waals surface area contributed by atoms with Crippen LogP contribution in [0.3, 0.4) is 0 Å². The fourth-order valence-corrected chi connectivity index (χ4v) is 3.08. The Kier molecular flexibility index (Phi) is 7.56. The maximum absolute atomic E-state index is 12.6. The predicted octanol–water partition coefficient (Wildman–Crippen LogP) is 3.26. The van der Waals surface area contributed by atoms with Crippen molar-refractivity contribution in [1.29, 1.82) is 0 Å². The largest absolute Gasteiger partial charge is 0.493 e. The van der Waals surface area contributed by atoms with Crippen LogP contribution in [0.15, 0.2) is 42.7 Å². The average molecular weight is 386 g/mol. The lowest BCUT2D eigenvalue weighted by atomic mass is 10.0. The van der Waals surface area contributed by atoms with Gasteiger partial charge in [0.05, 0.1) is 7.11 Å². The highest BCUT2D eigenvalue weighted by Crippen LogP contribution is 2.31. The zero-order chi connectivity index (χ0) is 17.6. The molecule has 0 bridgehead atoms. The highest BCUT2D eigenvalue weighted by atomic mass is 35.5. The third kappa shape index (κ3) is 5.03. The molecule has 0 spiro atoms. The first-order valence-electron chi connectivity index (χ1n) is 8.14. The Balaban J connectivity index is 0.00000243. The molecule has 0 saturated carbocycles. The number of ether oxygens (including phenoxy) is 2. The second-order valence-corrected chi connectivity index (χ2v) is 5.84. The van der Waals surface area contributed by atoms with E-state index in [0.717, 1.165) is 30.8 Å². The predicted molar refractivity (Wildman–Crippen MR) is 97.1 cm³/mol. The van der Waals surface area contributed by atoms with Crippen LogP contribution in [0.1, 0.15) is 17.2 Å². The van der Waals surface area contributed by atoms with E-state index in [9.17, 15) is 8.78 Å². The summed E-state index contributed by atoms with van der Waals surface area (Å²) in [5.74, 6) is 0.358. The lowest BCUT2D eigenvalue weighted by Gasteiger charge is -2.36. The molecule has 1 aromatic carbocycles. The summed E-state index contributed by atoms with van der Waals surface area (Å²) < 4.78 is 34.9. The van der Waals surface area contributed by atoms with Gasteiger partial charge in [-0.2, -0.15) is 8.78 Å². The summed E-state index contributed by atoms with van der Waals surface area (Å²) >= 11 is 0. The molecule has 1 unspecified atom stereocenters. The topological polar surface area (TPSA) is 46.6 Å². The summed E-state index contributed by atoms with van der Waals surface area (Å²) in [5.41, 5.74) is 2.03. The molecule has 2 heterocycles. The van der Waals surface area contributed by atoms with E-state index < -0.39 is 6.61 Å².